The lowest BCUT2D eigenvalue weighted by molar-refractivity contribution is 0.325. The number of aryl methyl sites for hydroxylation is 1. The van der Waals surface area contributed by atoms with Gasteiger partial charge in [0.25, 0.3) is 0 Å². The molecule has 1 aliphatic rings. The van der Waals surface area contributed by atoms with Crippen molar-refractivity contribution < 1.29 is 0 Å². The molecule has 19 heavy (non-hydrogen) atoms. The first kappa shape index (κ1) is 12.2. The number of hydrogen-bond acceptors (Lipinski definition) is 3. The van der Waals surface area contributed by atoms with E-state index in [2.05, 4.69) is 15.6 Å². The highest BCUT2D eigenvalue weighted by molar-refractivity contribution is 5.77. The van der Waals surface area contributed by atoms with E-state index in [-0.39, 0.29) is 0 Å². The van der Waals surface area contributed by atoms with Gasteiger partial charge in [0, 0.05) is 12.1 Å². The van der Waals surface area contributed by atoms with Gasteiger partial charge in [0.15, 0.2) is 0 Å². The lowest BCUT2D eigenvalue weighted by atomic mass is 9.91. The molecule has 1 heterocycles. The van der Waals surface area contributed by atoms with Crippen LogP contribution in [0.2, 0.25) is 0 Å². The predicted molar refractivity (Wildman–Crippen MR) is 74.7 cm³/mol. The molecule has 1 aromatic carbocycles. The van der Waals surface area contributed by atoms with Crippen LogP contribution in [-0.2, 0) is 0 Å². The number of nitrogens with two attached hydrogens (primary N) is 1. The van der Waals surface area contributed by atoms with Crippen LogP contribution in [0, 0.1) is 18.3 Å². The van der Waals surface area contributed by atoms with Crippen LogP contribution in [0.15, 0.2) is 18.2 Å². The van der Waals surface area contributed by atoms with Crippen LogP contribution >= 0.6 is 0 Å². The molecule has 2 N–H and O–H groups in total. The highest BCUT2D eigenvalue weighted by Gasteiger charge is 2.22. The topological polar surface area (TPSA) is 67.6 Å². The third-order valence-corrected chi connectivity index (χ3v) is 4.10. The molecule has 0 bridgehead atoms. The Bertz CT molecular complexity index is 642. The van der Waals surface area contributed by atoms with Crippen molar-refractivity contribution in [2.75, 3.05) is 0 Å². The van der Waals surface area contributed by atoms with Crippen molar-refractivity contribution in [3.05, 3.63) is 29.6 Å². The fourth-order valence-corrected chi connectivity index (χ4v) is 3.11. The Labute approximate surface area is 112 Å². The molecule has 4 nitrogen and oxygen atoms in total. The molecule has 1 fully saturated rings. The summed E-state index contributed by atoms with van der Waals surface area (Å²) in [5.74, 6) is 1.03. The first-order valence-electron chi connectivity index (χ1n) is 6.83. The second kappa shape index (κ2) is 4.67. The van der Waals surface area contributed by atoms with E-state index in [4.69, 9.17) is 11.0 Å². The van der Waals surface area contributed by atoms with E-state index < -0.39 is 0 Å². The molecule has 0 unspecified atom stereocenters. The Balaban J connectivity index is 2.04. The zero-order valence-electron chi connectivity index (χ0n) is 11.1. The van der Waals surface area contributed by atoms with Gasteiger partial charge in [0.05, 0.1) is 22.7 Å². The third-order valence-electron chi connectivity index (χ3n) is 4.10. The van der Waals surface area contributed by atoms with Crippen molar-refractivity contribution in [3.63, 3.8) is 0 Å². The summed E-state index contributed by atoms with van der Waals surface area (Å²) in [5.41, 5.74) is 8.71. The molecule has 1 aliphatic carbocycles. The fraction of sp³-hybridized carbons (Fsp3) is 0.467. The van der Waals surface area contributed by atoms with Gasteiger partial charge in [-0.3, -0.25) is 0 Å². The number of nitrogens with zero attached hydrogens (tertiary/aromatic N) is 3. The first-order valence-corrected chi connectivity index (χ1v) is 6.83. The molecule has 2 aromatic rings. The maximum Gasteiger partial charge on any atom is 0.106 e. The summed E-state index contributed by atoms with van der Waals surface area (Å²) in [6.07, 6.45) is 4.40. The van der Waals surface area contributed by atoms with Crippen LogP contribution in [0.3, 0.4) is 0 Å². The van der Waals surface area contributed by atoms with Gasteiger partial charge in [-0.15, -0.1) is 0 Å². The van der Waals surface area contributed by atoms with Crippen LogP contribution in [-0.4, -0.2) is 15.6 Å². The molecular weight excluding hydrogens is 236 g/mol. The van der Waals surface area contributed by atoms with Crippen LogP contribution in [0.1, 0.15) is 43.1 Å². The summed E-state index contributed by atoms with van der Waals surface area (Å²) in [7, 11) is 0. The molecule has 0 atom stereocenters. The monoisotopic (exact) mass is 254 g/mol. The predicted octanol–water partition coefficient (Wildman–Crippen LogP) is 2.66. The second-order valence-electron chi connectivity index (χ2n) is 5.41. The standard InChI is InChI=1S/C15H18N4/c1-10-18-14-8-11(9-16)2-7-15(14)19(10)13-5-3-12(17)4-6-13/h2,7-8,12-13H,3-6,17H2,1H3/t12-,13+. The Morgan fingerprint density at radius 3 is 2.74 bits per heavy atom. The number of rotatable bonds is 1. The van der Waals surface area contributed by atoms with Gasteiger partial charge in [0.1, 0.15) is 5.82 Å². The minimum absolute atomic E-state index is 0.358. The van der Waals surface area contributed by atoms with Gasteiger partial charge in [-0.1, -0.05) is 0 Å². The quantitative estimate of drug-likeness (QED) is 0.850. The average Bonchev–Trinajstić information content (AvgIpc) is 2.74. The summed E-state index contributed by atoms with van der Waals surface area (Å²) in [5, 5.41) is 8.95. The summed E-state index contributed by atoms with van der Waals surface area (Å²) in [6.45, 7) is 2.04. The molecule has 0 amide bonds. The van der Waals surface area contributed by atoms with Crippen molar-refractivity contribution >= 4 is 11.0 Å². The van der Waals surface area contributed by atoms with Crippen LogP contribution in [0.25, 0.3) is 11.0 Å². The Kier molecular flexibility index (Phi) is 3.00. The molecule has 1 saturated carbocycles. The summed E-state index contributed by atoms with van der Waals surface area (Å²) in [6, 6.07) is 8.78. The van der Waals surface area contributed by atoms with E-state index in [0.717, 1.165) is 42.5 Å². The number of imidazole rings is 1. The maximum atomic E-state index is 8.95. The van der Waals surface area contributed by atoms with Gasteiger partial charge in [-0.2, -0.15) is 5.26 Å². The molecule has 0 aliphatic heterocycles. The van der Waals surface area contributed by atoms with Gasteiger partial charge in [0.2, 0.25) is 0 Å². The minimum atomic E-state index is 0.358. The Morgan fingerprint density at radius 2 is 2.05 bits per heavy atom. The summed E-state index contributed by atoms with van der Waals surface area (Å²) >= 11 is 0. The summed E-state index contributed by atoms with van der Waals surface area (Å²) < 4.78 is 2.32. The molecule has 98 valence electrons. The highest BCUT2D eigenvalue weighted by Crippen LogP contribution is 2.32. The van der Waals surface area contributed by atoms with Crippen LogP contribution < -0.4 is 5.73 Å². The molecule has 1 aromatic heterocycles. The lowest BCUT2D eigenvalue weighted by Crippen LogP contribution is -2.28. The van der Waals surface area contributed by atoms with Gasteiger partial charge < -0.3 is 10.3 Å². The molecular formula is C15H18N4. The molecule has 4 heteroatoms. The fourth-order valence-electron chi connectivity index (χ4n) is 3.11. The average molecular weight is 254 g/mol. The number of fused-ring (bicyclic) bond motifs is 1. The molecule has 3 rings (SSSR count). The van der Waals surface area contributed by atoms with E-state index in [1.165, 1.54) is 0 Å². The normalized spacial score (nSPS) is 23.4. The van der Waals surface area contributed by atoms with Gasteiger partial charge in [-0.25, -0.2) is 4.98 Å². The van der Waals surface area contributed by atoms with E-state index in [0.29, 0.717) is 17.6 Å². The number of aromatic nitrogens is 2. The Morgan fingerprint density at radius 1 is 1.32 bits per heavy atom. The van der Waals surface area contributed by atoms with Crippen molar-refractivity contribution in [1.82, 2.24) is 9.55 Å². The smallest absolute Gasteiger partial charge is 0.106 e. The van der Waals surface area contributed by atoms with E-state index >= 15 is 0 Å². The number of benzene rings is 1. The van der Waals surface area contributed by atoms with Crippen molar-refractivity contribution in [1.29, 1.82) is 5.26 Å². The largest absolute Gasteiger partial charge is 0.328 e. The second-order valence-corrected chi connectivity index (χ2v) is 5.41. The molecule has 0 saturated heterocycles. The summed E-state index contributed by atoms with van der Waals surface area (Å²) in [4.78, 5) is 4.60. The first-order chi connectivity index (χ1) is 9.19. The molecule has 0 spiro atoms. The zero-order chi connectivity index (χ0) is 13.4. The van der Waals surface area contributed by atoms with Crippen molar-refractivity contribution in [2.24, 2.45) is 5.73 Å². The van der Waals surface area contributed by atoms with Crippen LogP contribution in [0.5, 0.6) is 0 Å². The Hall–Kier alpha value is -1.86. The number of nitriles is 1. The van der Waals surface area contributed by atoms with E-state index in [1.807, 2.05) is 25.1 Å². The SMILES string of the molecule is Cc1nc2cc(C#N)ccc2n1[C@H]1CC[C@@H](N)CC1. The van der Waals surface area contributed by atoms with Gasteiger partial charge in [-0.05, 0) is 50.8 Å². The number of hydrogen-bond donors (Lipinski definition) is 1. The van der Waals surface area contributed by atoms with E-state index in [1.54, 1.807) is 0 Å². The van der Waals surface area contributed by atoms with Crippen molar-refractivity contribution in [2.45, 2.75) is 44.7 Å². The maximum absolute atomic E-state index is 8.95. The highest BCUT2D eigenvalue weighted by atomic mass is 15.1. The zero-order valence-corrected chi connectivity index (χ0v) is 11.1. The van der Waals surface area contributed by atoms with Crippen LogP contribution in [0.4, 0.5) is 0 Å². The van der Waals surface area contributed by atoms with E-state index in [9.17, 15) is 0 Å². The third kappa shape index (κ3) is 2.11. The molecule has 0 radical (unpaired) electrons. The minimum Gasteiger partial charge on any atom is -0.328 e. The lowest BCUT2D eigenvalue weighted by Gasteiger charge is -2.28. The van der Waals surface area contributed by atoms with Gasteiger partial charge >= 0.3 is 0 Å². The van der Waals surface area contributed by atoms with Crippen molar-refractivity contribution in [3.8, 4) is 6.07 Å².